The van der Waals surface area contributed by atoms with Gasteiger partial charge < -0.3 is 14.2 Å². The van der Waals surface area contributed by atoms with Crippen LogP contribution in [0.4, 0.5) is 0 Å². The molecule has 0 saturated heterocycles. The van der Waals surface area contributed by atoms with E-state index in [1.807, 2.05) is 33.8 Å². The number of hydrogen-bond acceptors (Lipinski definition) is 7. The zero-order chi connectivity index (χ0) is 26.6. The van der Waals surface area contributed by atoms with Gasteiger partial charge in [-0.25, -0.2) is 9.78 Å². The summed E-state index contributed by atoms with van der Waals surface area (Å²) in [7, 11) is 0. The van der Waals surface area contributed by atoms with E-state index in [0.29, 0.717) is 34.6 Å². The molecule has 1 heterocycles. The largest absolute Gasteiger partial charge is 0.490 e. The van der Waals surface area contributed by atoms with Crippen molar-refractivity contribution in [1.82, 2.24) is 9.66 Å². The number of esters is 1. The lowest BCUT2D eigenvalue weighted by Crippen LogP contribution is -2.29. The Kier molecular flexibility index (Phi) is 8.79. The molecule has 3 rings (SSSR count). The number of ether oxygens (including phenoxy) is 3. The van der Waals surface area contributed by atoms with Crippen molar-refractivity contribution in [3.05, 3.63) is 61.6 Å². The summed E-state index contributed by atoms with van der Waals surface area (Å²) < 4.78 is 18.6. The fourth-order valence-corrected chi connectivity index (χ4v) is 4.01. The van der Waals surface area contributed by atoms with Gasteiger partial charge in [0.2, 0.25) is 0 Å². The molecule has 0 spiro atoms. The molecule has 10 heteroatoms. The molecular weight excluding hydrogens is 550 g/mol. The van der Waals surface area contributed by atoms with Gasteiger partial charge in [-0.3, -0.25) is 4.79 Å². The lowest BCUT2D eigenvalue weighted by atomic mass is 9.95. The Morgan fingerprint density at radius 1 is 1.22 bits per heavy atom. The van der Waals surface area contributed by atoms with E-state index >= 15 is 0 Å². The zero-order valence-corrected chi connectivity index (χ0v) is 23.4. The predicted molar refractivity (Wildman–Crippen MR) is 145 cm³/mol. The number of fused-ring (bicyclic) bond motifs is 1. The zero-order valence-electron chi connectivity index (χ0n) is 21.1. The molecule has 3 aromatic rings. The monoisotopic (exact) mass is 577 g/mol. The number of carbonyl (C=O) groups is 1. The molecule has 0 N–H and O–H groups in total. The van der Waals surface area contributed by atoms with Crippen LogP contribution in [0.1, 0.15) is 52.9 Å². The van der Waals surface area contributed by atoms with Crippen LogP contribution in [0, 0.1) is 0 Å². The number of rotatable bonds is 8. The van der Waals surface area contributed by atoms with Gasteiger partial charge in [-0.2, -0.15) is 9.78 Å². The Labute approximate surface area is 223 Å². The first kappa shape index (κ1) is 27.7. The van der Waals surface area contributed by atoms with Crippen molar-refractivity contribution in [2.24, 2.45) is 5.10 Å². The first-order valence-electron chi connectivity index (χ1n) is 11.5. The number of halogens is 2. The van der Waals surface area contributed by atoms with E-state index in [4.69, 9.17) is 30.8 Å². The van der Waals surface area contributed by atoms with Gasteiger partial charge in [-0.15, -0.1) is 0 Å². The van der Waals surface area contributed by atoms with E-state index in [2.05, 4.69) is 21.0 Å². The van der Waals surface area contributed by atoms with Crippen molar-refractivity contribution >= 4 is 50.6 Å². The molecule has 36 heavy (non-hydrogen) atoms. The maximum atomic E-state index is 13.4. The summed E-state index contributed by atoms with van der Waals surface area (Å²) >= 11 is 9.92. The maximum Gasteiger partial charge on any atom is 0.347 e. The van der Waals surface area contributed by atoms with Crippen LogP contribution >= 0.6 is 27.5 Å². The lowest BCUT2D eigenvalue weighted by molar-refractivity contribution is -0.150. The van der Waals surface area contributed by atoms with Gasteiger partial charge in [0.15, 0.2) is 17.6 Å². The van der Waals surface area contributed by atoms with Crippen molar-refractivity contribution in [1.29, 1.82) is 0 Å². The molecule has 0 aliphatic heterocycles. The number of benzene rings is 2. The molecule has 1 atom stereocenters. The van der Waals surface area contributed by atoms with E-state index in [9.17, 15) is 9.59 Å². The van der Waals surface area contributed by atoms with Crippen LogP contribution in [0.3, 0.4) is 0 Å². The molecule has 8 nitrogen and oxygen atoms in total. The molecule has 192 valence electrons. The van der Waals surface area contributed by atoms with Crippen molar-refractivity contribution in [3.8, 4) is 11.5 Å². The molecular formula is C26H29BrClN3O5. The number of nitrogens with zero attached hydrogens (tertiary/aromatic N) is 3. The first-order valence-corrected chi connectivity index (χ1v) is 12.7. The van der Waals surface area contributed by atoms with Crippen LogP contribution < -0.4 is 15.0 Å². The second-order valence-electron chi connectivity index (χ2n) is 8.98. The minimum atomic E-state index is -0.878. The maximum absolute atomic E-state index is 13.4. The first-order chi connectivity index (χ1) is 17.0. The molecule has 0 radical (unpaired) electrons. The van der Waals surface area contributed by atoms with Crippen molar-refractivity contribution in [3.63, 3.8) is 0 Å². The smallest absolute Gasteiger partial charge is 0.347 e. The van der Waals surface area contributed by atoms with Crippen molar-refractivity contribution in [2.75, 3.05) is 13.2 Å². The SMILES string of the molecule is CCOC(=O)[C@H](C)Oc1c(Cl)cc(C=Nn2c(C(C)(C)C)nc3ccc(Br)cc3c2=O)cc1OCC. The van der Waals surface area contributed by atoms with Gasteiger partial charge in [0.1, 0.15) is 5.82 Å². The summed E-state index contributed by atoms with van der Waals surface area (Å²) in [6.45, 7) is 11.6. The molecule has 0 bridgehead atoms. The third-order valence-corrected chi connectivity index (χ3v) is 5.82. The Hall–Kier alpha value is -2.91. The molecule has 0 aliphatic rings. The standard InChI is InChI=1S/C26H29BrClN3O5/c1-7-34-21-12-16(11-19(28)22(21)36-15(3)24(33)35-8-2)14-29-31-23(32)18-13-17(27)9-10-20(18)30-25(31)26(4,5)6/h9-15H,7-8H2,1-6H3/t15-/m0/s1. The third kappa shape index (κ3) is 6.25. The second kappa shape index (κ2) is 11.4. The molecule has 0 fully saturated rings. The number of aromatic nitrogens is 2. The van der Waals surface area contributed by atoms with E-state index in [-0.39, 0.29) is 22.9 Å². The van der Waals surface area contributed by atoms with Gasteiger partial charge in [0.05, 0.1) is 35.4 Å². The molecule has 2 aromatic carbocycles. The number of hydrogen-bond donors (Lipinski definition) is 0. The summed E-state index contributed by atoms with van der Waals surface area (Å²) in [6.07, 6.45) is 0.631. The summed E-state index contributed by atoms with van der Waals surface area (Å²) in [5, 5.41) is 5.15. The van der Waals surface area contributed by atoms with Gasteiger partial charge in [0, 0.05) is 9.89 Å². The summed E-state index contributed by atoms with van der Waals surface area (Å²) in [5.41, 5.74) is 0.424. The van der Waals surface area contributed by atoms with Crippen LogP contribution in [0.25, 0.3) is 10.9 Å². The third-order valence-electron chi connectivity index (χ3n) is 5.05. The van der Waals surface area contributed by atoms with Gasteiger partial charge in [-0.05, 0) is 56.7 Å². The highest BCUT2D eigenvalue weighted by atomic mass is 79.9. The molecule has 0 unspecified atom stereocenters. The fourth-order valence-electron chi connectivity index (χ4n) is 3.39. The Balaban J connectivity index is 2.08. The van der Waals surface area contributed by atoms with Crippen LogP contribution in [0.15, 0.2) is 44.7 Å². The van der Waals surface area contributed by atoms with Crippen LogP contribution in [0.2, 0.25) is 5.02 Å². The highest BCUT2D eigenvalue weighted by molar-refractivity contribution is 9.10. The lowest BCUT2D eigenvalue weighted by Gasteiger charge is -2.21. The number of carbonyl (C=O) groups excluding carboxylic acids is 1. The Morgan fingerprint density at radius 2 is 1.94 bits per heavy atom. The van der Waals surface area contributed by atoms with Crippen molar-refractivity contribution < 1.29 is 19.0 Å². The normalized spacial score (nSPS) is 12.7. The van der Waals surface area contributed by atoms with E-state index < -0.39 is 17.5 Å². The Morgan fingerprint density at radius 3 is 2.58 bits per heavy atom. The molecule has 0 aliphatic carbocycles. The second-order valence-corrected chi connectivity index (χ2v) is 10.3. The molecule has 0 saturated carbocycles. The van der Waals surface area contributed by atoms with Crippen molar-refractivity contribution in [2.45, 2.75) is 53.1 Å². The highest BCUT2D eigenvalue weighted by Crippen LogP contribution is 2.37. The van der Waals surface area contributed by atoms with Crippen LogP contribution in [0.5, 0.6) is 11.5 Å². The van der Waals surface area contributed by atoms with Gasteiger partial charge in [0.25, 0.3) is 5.56 Å². The summed E-state index contributed by atoms with van der Waals surface area (Å²) in [5.74, 6) is 0.566. The average molecular weight is 579 g/mol. The van der Waals surface area contributed by atoms with Crippen LogP contribution in [-0.2, 0) is 14.9 Å². The highest BCUT2D eigenvalue weighted by Gasteiger charge is 2.24. The molecule has 0 amide bonds. The van der Waals surface area contributed by atoms with Crippen LogP contribution in [-0.4, -0.2) is 41.2 Å². The van der Waals surface area contributed by atoms with E-state index in [1.165, 1.54) is 10.9 Å². The minimum absolute atomic E-state index is 0.223. The van der Waals surface area contributed by atoms with Gasteiger partial charge in [-0.1, -0.05) is 48.3 Å². The summed E-state index contributed by atoms with van der Waals surface area (Å²) in [4.78, 5) is 30.1. The quantitative estimate of drug-likeness (QED) is 0.251. The predicted octanol–water partition coefficient (Wildman–Crippen LogP) is 5.72. The van der Waals surface area contributed by atoms with Gasteiger partial charge >= 0.3 is 5.97 Å². The minimum Gasteiger partial charge on any atom is -0.490 e. The van der Waals surface area contributed by atoms with E-state index in [0.717, 1.165) is 4.47 Å². The fraction of sp³-hybridized carbons (Fsp3) is 0.385. The van der Waals surface area contributed by atoms with E-state index in [1.54, 1.807) is 38.1 Å². The Bertz CT molecular complexity index is 1360. The summed E-state index contributed by atoms with van der Waals surface area (Å²) in [6, 6.07) is 8.67. The molecule has 1 aromatic heterocycles. The average Bonchev–Trinajstić information content (AvgIpc) is 2.80. The topological polar surface area (TPSA) is 92.0 Å².